The molecule has 6 N–H and O–H groups in total. The number of nitrogens with zero attached hydrogens (tertiary/aromatic N) is 3. The second kappa shape index (κ2) is 12.6. The number of aliphatic carboxylic acids is 2. The molecule has 1 saturated heterocycles. The van der Waals surface area contributed by atoms with Crippen LogP contribution < -0.4 is 26.0 Å². The van der Waals surface area contributed by atoms with Gasteiger partial charge in [0.2, 0.25) is 11.7 Å². The van der Waals surface area contributed by atoms with Crippen molar-refractivity contribution in [1.29, 1.82) is 0 Å². The van der Waals surface area contributed by atoms with Crippen molar-refractivity contribution < 1.29 is 50.9 Å². The summed E-state index contributed by atoms with van der Waals surface area (Å²) in [4.78, 5) is 28.8. The van der Waals surface area contributed by atoms with Gasteiger partial charge in [0, 0.05) is 31.6 Å². The quantitative estimate of drug-likeness (QED) is 0.362. The standard InChI is InChI=1S/C15H26N6O.2C2HF3O2/c1-9(2)11-5-7-22-12-13(18-11)19-15(16)20-14(12)21-6-4-10(8-21)17-3;2*3-2(4,5)1(6)7/h9-11,17H,4-8H2,1-3H3,(H3,16,18,19,20);2*(H,6,7)/t10-,11+;;/m1../s1. The number of fused-ring (bicyclic) bond motifs is 1. The fourth-order valence-corrected chi connectivity index (χ4v) is 3.12. The number of nitrogens with two attached hydrogens (primary N) is 1. The van der Waals surface area contributed by atoms with Crippen LogP contribution in [-0.4, -0.2) is 83.3 Å². The first-order valence-electron chi connectivity index (χ1n) is 10.6. The molecule has 0 aliphatic carbocycles. The summed E-state index contributed by atoms with van der Waals surface area (Å²) in [7, 11) is 1.99. The van der Waals surface area contributed by atoms with Crippen molar-refractivity contribution in [2.75, 3.05) is 42.7 Å². The fraction of sp³-hybridized carbons (Fsp3) is 0.684. The van der Waals surface area contributed by atoms with E-state index in [9.17, 15) is 26.3 Å². The minimum Gasteiger partial charge on any atom is -0.486 e. The number of halogens is 6. The number of carboxylic acids is 2. The molecule has 0 bridgehead atoms. The van der Waals surface area contributed by atoms with Crippen LogP contribution in [0.25, 0.3) is 0 Å². The Kier molecular flexibility index (Phi) is 10.8. The number of rotatable bonds is 3. The lowest BCUT2D eigenvalue weighted by molar-refractivity contribution is -0.193. The van der Waals surface area contributed by atoms with Crippen LogP contribution in [0.5, 0.6) is 5.75 Å². The van der Waals surface area contributed by atoms with Gasteiger partial charge in [-0.05, 0) is 19.4 Å². The Morgan fingerprint density at radius 3 is 2.06 bits per heavy atom. The van der Waals surface area contributed by atoms with Crippen molar-refractivity contribution in [1.82, 2.24) is 15.3 Å². The van der Waals surface area contributed by atoms with E-state index in [0.29, 0.717) is 30.6 Å². The van der Waals surface area contributed by atoms with E-state index in [0.717, 1.165) is 43.3 Å². The number of ether oxygens (including phenoxy) is 1. The maximum Gasteiger partial charge on any atom is 0.490 e. The number of alkyl halides is 6. The van der Waals surface area contributed by atoms with E-state index < -0.39 is 24.3 Å². The van der Waals surface area contributed by atoms with E-state index in [4.69, 9.17) is 30.3 Å². The zero-order valence-corrected chi connectivity index (χ0v) is 19.6. The number of hydrogen-bond acceptors (Lipinski definition) is 9. The number of carboxylic acid groups (broad SMARTS) is 2. The maximum atomic E-state index is 10.6. The highest BCUT2D eigenvalue weighted by atomic mass is 19.4. The molecule has 0 unspecified atom stereocenters. The molecule has 1 fully saturated rings. The van der Waals surface area contributed by atoms with Crippen LogP contribution in [0, 0.1) is 5.92 Å². The molecule has 11 nitrogen and oxygen atoms in total. The second-order valence-electron chi connectivity index (χ2n) is 8.04. The van der Waals surface area contributed by atoms with Crippen LogP contribution in [-0.2, 0) is 9.59 Å². The summed E-state index contributed by atoms with van der Waals surface area (Å²) in [5.74, 6) is -2.42. The van der Waals surface area contributed by atoms with Gasteiger partial charge in [-0.1, -0.05) is 13.8 Å². The Hall–Kier alpha value is -3.24. The lowest BCUT2D eigenvalue weighted by Crippen LogP contribution is -2.30. The van der Waals surface area contributed by atoms with Crippen LogP contribution in [0.4, 0.5) is 43.9 Å². The molecule has 0 radical (unpaired) electrons. The third-order valence-electron chi connectivity index (χ3n) is 5.05. The lowest BCUT2D eigenvalue weighted by Gasteiger charge is -2.22. The van der Waals surface area contributed by atoms with Gasteiger partial charge in [-0.15, -0.1) is 0 Å². The molecule has 1 aromatic heterocycles. The summed E-state index contributed by atoms with van der Waals surface area (Å²) in [5, 5.41) is 21.1. The molecule has 17 heteroatoms. The average molecular weight is 534 g/mol. The molecule has 206 valence electrons. The smallest absolute Gasteiger partial charge is 0.486 e. The van der Waals surface area contributed by atoms with Crippen LogP contribution in [0.2, 0.25) is 0 Å². The average Bonchev–Trinajstić information content (AvgIpc) is 3.12. The van der Waals surface area contributed by atoms with Crippen molar-refractivity contribution in [2.45, 2.75) is 51.1 Å². The minimum atomic E-state index is -5.08. The van der Waals surface area contributed by atoms with Crippen molar-refractivity contribution in [2.24, 2.45) is 5.92 Å². The molecule has 0 aromatic carbocycles. The molecule has 3 rings (SSSR count). The van der Waals surface area contributed by atoms with Gasteiger partial charge in [0.05, 0.1) is 6.61 Å². The number of aromatic nitrogens is 2. The minimum absolute atomic E-state index is 0.294. The second-order valence-corrected chi connectivity index (χ2v) is 8.04. The number of carbonyl (C=O) groups is 2. The fourth-order valence-electron chi connectivity index (χ4n) is 3.12. The van der Waals surface area contributed by atoms with Crippen molar-refractivity contribution in [3.05, 3.63) is 0 Å². The van der Waals surface area contributed by atoms with Crippen LogP contribution in [0.3, 0.4) is 0 Å². The molecule has 0 spiro atoms. The normalized spacial score (nSPS) is 19.4. The molecule has 1 aromatic rings. The Morgan fingerprint density at radius 1 is 1.11 bits per heavy atom. The summed E-state index contributed by atoms with van der Waals surface area (Å²) in [6.07, 6.45) is -8.12. The predicted octanol–water partition coefficient (Wildman–Crippen LogP) is 2.34. The van der Waals surface area contributed by atoms with Crippen LogP contribution in [0.15, 0.2) is 0 Å². The van der Waals surface area contributed by atoms with Crippen LogP contribution in [0.1, 0.15) is 26.7 Å². The summed E-state index contributed by atoms with van der Waals surface area (Å²) < 4.78 is 69.5. The van der Waals surface area contributed by atoms with E-state index in [1.54, 1.807) is 0 Å². The summed E-state index contributed by atoms with van der Waals surface area (Å²) in [6.45, 7) is 6.94. The SMILES string of the molecule is CN[C@@H]1CCN(c2nc(N)nc3c2OCC[C@@H](C(C)C)N3)C1.O=C(O)C(F)(F)F.O=C(O)C(F)(F)F. The largest absolute Gasteiger partial charge is 0.490 e. The number of anilines is 3. The number of nitrogens with one attached hydrogen (secondary N) is 2. The Morgan fingerprint density at radius 2 is 1.64 bits per heavy atom. The first-order chi connectivity index (χ1) is 16.5. The monoisotopic (exact) mass is 534 g/mol. The van der Waals surface area contributed by atoms with Gasteiger partial charge >= 0.3 is 24.3 Å². The molecule has 2 atom stereocenters. The number of likely N-dealkylation sites (N-methyl/N-ethyl adjacent to an activating group) is 1. The van der Waals surface area contributed by atoms with Gasteiger partial charge in [-0.2, -0.15) is 36.3 Å². The first-order valence-corrected chi connectivity index (χ1v) is 10.6. The van der Waals surface area contributed by atoms with Crippen molar-refractivity contribution >= 4 is 29.5 Å². The molecule has 36 heavy (non-hydrogen) atoms. The molecule has 0 amide bonds. The van der Waals surface area contributed by atoms with E-state index >= 15 is 0 Å². The summed E-state index contributed by atoms with van der Waals surface area (Å²) >= 11 is 0. The Bertz CT molecular complexity index is 875. The third-order valence-corrected chi connectivity index (χ3v) is 5.05. The third kappa shape index (κ3) is 9.43. The van der Waals surface area contributed by atoms with Gasteiger partial charge in [0.1, 0.15) is 0 Å². The first kappa shape index (κ1) is 30.8. The van der Waals surface area contributed by atoms with E-state index in [1.807, 2.05) is 7.05 Å². The van der Waals surface area contributed by atoms with Gasteiger partial charge in [-0.25, -0.2) is 9.59 Å². The lowest BCUT2D eigenvalue weighted by atomic mass is 10.0. The zero-order valence-electron chi connectivity index (χ0n) is 19.6. The molecule has 2 aliphatic heterocycles. The molecular weight excluding hydrogens is 506 g/mol. The summed E-state index contributed by atoms with van der Waals surface area (Å²) in [6, 6.07) is 0.820. The molecule has 0 saturated carbocycles. The number of nitrogen functional groups attached to an aromatic ring is 1. The molecule has 2 aliphatic rings. The highest BCUT2D eigenvalue weighted by molar-refractivity contribution is 5.73. The van der Waals surface area contributed by atoms with Gasteiger partial charge in [-0.3, -0.25) is 0 Å². The van der Waals surface area contributed by atoms with Gasteiger partial charge in [0.25, 0.3) is 0 Å². The van der Waals surface area contributed by atoms with Gasteiger partial charge < -0.3 is 36.2 Å². The maximum absolute atomic E-state index is 10.6. The zero-order chi connectivity index (χ0) is 27.8. The summed E-state index contributed by atoms with van der Waals surface area (Å²) in [5.41, 5.74) is 5.93. The molecular formula is C19H28F6N6O5. The number of hydrogen-bond donors (Lipinski definition) is 5. The highest BCUT2D eigenvalue weighted by Gasteiger charge is 2.39. The molecule has 3 heterocycles. The van der Waals surface area contributed by atoms with E-state index in [1.165, 1.54) is 0 Å². The Balaban J connectivity index is 0.000000383. The van der Waals surface area contributed by atoms with E-state index in [2.05, 4.69) is 39.3 Å². The van der Waals surface area contributed by atoms with Crippen LogP contribution >= 0.6 is 0 Å². The Labute approximate surface area is 202 Å². The van der Waals surface area contributed by atoms with Gasteiger partial charge in [0.15, 0.2) is 11.6 Å². The topological polar surface area (TPSA) is 163 Å². The predicted molar refractivity (Wildman–Crippen MR) is 116 cm³/mol. The van der Waals surface area contributed by atoms with Crippen molar-refractivity contribution in [3.8, 4) is 5.75 Å². The van der Waals surface area contributed by atoms with Crippen molar-refractivity contribution in [3.63, 3.8) is 0 Å². The highest BCUT2D eigenvalue weighted by Crippen LogP contribution is 2.38. The van der Waals surface area contributed by atoms with E-state index in [-0.39, 0.29) is 0 Å².